The van der Waals surface area contributed by atoms with Crippen molar-refractivity contribution >= 4 is 28.8 Å². The molecule has 2 aromatic heterocycles. The van der Waals surface area contributed by atoms with Gasteiger partial charge in [0.15, 0.2) is 0 Å². The minimum atomic E-state index is -0.152. The third kappa shape index (κ3) is 3.15. The summed E-state index contributed by atoms with van der Waals surface area (Å²) in [6.45, 7) is 6.36. The fraction of sp³-hybridized carbons (Fsp3) is 0.263. The Morgan fingerprint density at radius 3 is 2.69 bits per heavy atom. The lowest BCUT2D eigenvalue weighted by Gasteiger charge is -2.16. The molecule has 2 aliphatic rings. The number of hydrazone groups is 1. The molecule has 2 aromatic rings. The van der Waals surface area contributed by atoms with E-state index in [2.05, 4.69) is 32.0 Å². The number of anilines is 3. The first-order chi connectivity index (χ1) is 12.7. The molecule has 0 aromatic carbocycles. The minimum Gasteiger partial charge on any atom is -0.357 e. The third-order valence-electron chi connectivity index (χ3n) is 4.62. The van der Waals surface area contributed by atoms with E-state index in [9.17, 15) is 4.79 Å². The van der Waals surface area contributed by atoms with Crippen LogP contribution in [0.2, 0.25) is 0 Å². The maximum Gasteiger partial charge on any atom is 0.260 e. The zero-order valence-corrected chi connectivity index (χ0v) is 14.4. The summed E-state index contributed by atoms with van der Waals surface area (Å²) in [6, 6.07) is 7.58. The van der Waals surface area contributed by atoms with Crippen LogP contribution in [0, 0.1) is 0 Å². The van der Waals surface area contributed by atoms with Crippen LogP contribution in [-0.4, -0.2) is 41.2 Å². The number of amides is 1. The van der Waals surface area contributed by atoms with Gasteiger partial charge in [-0.3, -0.25) is 15.2 Å². The molecule has 4 heterocycles. The highest BCUT2D eigenvalue weighted by atomic mass is 16.2. The van der Waals surface area contributed by atoms with Crippen LogP contribution >= 0.6 is 0 Å². The lowest BCUT2D eigenvalue weighted by molar-refractivity contribution is -0.114. The summed E-state index contributed by atoms with van der Waals surface area (Å²) < 4.78 is 0. The van der Waals surface area contributed by atoms with Crippen LogP contribution in [-0.2, 0) is 4.79 Å². The Bertz CT molecular complexity index is 840. The number of hydrogen-bond acceptors (Lipinski definition) is 6. The normalized spacial score (nSPS) is 18.8. The van der Waals surface area contributed by atoms with Gasteiger partial charge in [0.05, 0.1) is 41.6 Å². The van der Waals surface area contributed by atoms with E-state index >= 15 is 0 Å². The molecule has 2 saturated heterocycles. The molecule has 4 rings (SSSR count). The van der Waals surface area contributed by atoms with Crippen molar-refractivity contribution in [2.24, 2.45) is 5.10 Å². The molecular formula is C19H20N6O. The summed E-state index contributed by atoms with van der Waals surface area (Å²) in [5, 5.41) is 4.36. The molecule has 2 aliphatic heterocycles. The number of pyridine rings is 2. The highest BCUT2D eigenvalue weighted by Crippen LogP contribution is 2.22. The Morgan fingerprint density at radius 2 is 2.00 bits per heavy atom. The van der Waals surface area contributed by atoms with Crippen LogP contribution in [0.1, 0.15) is 12.8 Å². The van der Waals surface area contributed by atoms with Crippen molar-refractivity contribution < 1.29 is 4.79 Å². The van der Waals surface area contributed by atoms with Crippen LogP contribution in [0.25, 0.3) is 0 Å². The first kappa shape index (κ1) is 16.3. The molecule has 132 valence electrons. The molecule has 1 N–H and O–H groups in total. The molecule has 0 aliphatic carbocycles. The van der Waals surface area contributed by atoms with E-state index in [1.54, 1.807) is 29.6 Å². The zero-order chi connectivity index (χ0) is 17.9. The molecule has 7 nitrogen and oxygen atoms in total. The number of hydrogen-bond donors (Lipinski definition) is 1. The molecule has 0 bridgehead atoms. The van der Waals surface area contributed by atoms with Gasteiger partial charge < -0.3 is 9.80 Å². The van der Waals surface area contributed by atoms with Gasteiger partial charge >= 0.3 is 0 Å². The predicted molar refractivity (Wildman–Crippen MR) is 102 cm³/mol. The average molecular weight is 348 g/mol. The van der Waals surface area contributed by atoms with Gasteiger partial charge in [-0.05, 0) is 37.1 Å². The van der Waals surface area contributed by atoms with Gasteiger partial charge in [-0.1, -0.05) is 6.58 Å². The molecule has 26 heavy (non-hydrogen) atoms. The lowest BCUT2D eigenvalue weighted by Crippen LogP contribution is -2.24. The van der Waals surface area contributed by atoms with E-state index in [1.165, 1.54) is 12.8 Å². The average Bonchev–Trinajstić information content (AvgIpc) is 3.31. The van der Waals surface area contributed by atoms with E-state index in [0.29, 0.717) is 17.8 Å². The summed E-state index contributed by atoms with van der Waals surface area (Å²) in [7, 11) is 0. The van der Waals surface area contributed by atoms with Crippen molar-refractivity contribution in [1.29, 1.82) is 0 Å². The Labute approximate surface area is 152 Å². The summed E-state index contributed by atoms with van der Waals surface area (Å²) >= 11 is 0. The standard InChI is InChI=1S/C19H20N6O/c1-14-17(13-25(19(14)26)16-5-4-8-20-12-16)23-22-15-6-7-18(21-11-15)24-9-2-3-10-24/h4-8,11-12,22H,1-3,9-10,13H2/b23-17-. The molecule has 1 amide bonds. The predicted octanol–water partition coefficient (Wildman–Crippen LogP) is 2.45. The van der Waals surface area contributed by atoms with Crippen molar-refractivity contribution in [2.45, 2.75) is 12.8 Å². The van der Waals surface area contributed by atoms with Crippen molar-refractivity contribution in [3.05, 3.63) is 55.0 Å². The monoisotopic (exact) mass is 348 g/mol. The van der Waals surface area contributed by atoms with Gasteiger partial charge in [0.1, 0.15) is 5.82 Å². The molecule has 0 spiro atoms. The van der Waals surface area contributed by atoms with Crippen LogP contribution in [0.4, 0.5) is 17.2 Å². The molecule has 0 saturated carbocycles. The summed E-state index contributed by atoms with van der Waals surface area (Å²) in [6.07, 6.45) is 7.53. The lowest BCUT2D eigenvalue weighted by atomic mass is 10.2. The number of carbonyl (C=O) groups excluding carboxylic acids is 1. The van der Waals surface area contributed by atoms with Crippen molar-refractivity contribution in [3.8, 4) is 0 Å². The Kier molecular flexibility index (Phi) is 4.35. The van der Waals surface area contributed by atoms with E-state index in [1.807, 2.05) is 18.2 Å². The van der Waals surface area contributed by atoms with E-state index < -0.39 is 0 Å². The smallest absolute Gasteiger partial charge is 0.260 e. The second-order valence-electron chi connectivity index (χ2n) is 6.35. The van der Waals surface area contributed by atoms with Crippen molar-refractivity contribution in [2.75, 3.05) is 34.9 Å². The third-order valence-corrected chi connectivity index (χ3v) is 4.62. The number of aromatic nitrogens is 2. The van der Waals surface area contributed by atoms with Gasteiger partial charge in [-0.15, -0.1) is 0 Å². The van der Waals surface area contributed by atoms with Crippen molar-refractivity contribution in [3.63, 3.8) is 0 Å². The van der Waals surface area contributed by atoms with Crippen LogP contribution < -0.4 is 15.2 Å². The summed E-state index contributed by atoms with van der Waals surface area (Å²) in [5.41, 5.74) is 5.50. The minimum absolute atomic E-state index is 0.152. The highest BCUT2D eigenvalue weighted by molar-refractivity contribution is 6.33. The van der Waals surface area contributed by atoms with Crippen LogP contribution in [0.5, 0.6) is 0 Å². The van der Waals surface area contributed by atoms with Gasteiger partial charge in [-0.25, -0.2) is 4.98 Å². The second kappa shape index (κ2) is 6.95. The largest absolute Gasteiger partial charge is 0.357 e. The highest BCUT2D eigenvalue weighted by Gasteiger charge is 2.31. The first-order valence-electron chi connectivity index (χ1n) is 8.67. The number of rotatable bonds is 4. The maximum atomic E-state index is 12.4. The van der Waals surface area contributed by atoms with E-state index in [-0.39, 0.29) is 5.91 Å². The Balaban J connectivity index is 1.45. The first-order valence-corrected chi connectivity index (χ1v) is 8.67. The second-order valence-corrected chi connectivity index (χ2v) is 6.35. The molecule has 0 unspecified atom stereocenters. The summed E-state index contributed by atoms with van der Waals surface area (Å²) in [4.78, 5) is 24.8. The maximum absolute atomic E-state index is 12.4. The SMILES string of the molecule is C=C1C(=O)N(c2cccnc2)C/C1=N/Nc1ccc(N2CCCC2)nc1. The Morgan fingerprint density at radius 1 is 1.15 bits per heavy atom. The van der Waals surface area contributed by atoms with Crippen molar-refractivity contribution in [1.82, 2.24) is 9.97 Å². The zero-order valence-electron chi connectivity index (χ0n) is 14.4. The summed E-state index contributed by atoms with van der Waals surface area (Å²) in [5.74, 6) is 0.838. The quantitative estimate of drug-likeness (QED) is 0.679. The van der Waals surface area contributed by atoms with Crippen LogP contribution in [0.15, 0.2) is 60.1 Å². The van der Waals surface area contributed by atoms with Gasteiger partial charge in [0.2, 0.25) is 0 Å². The fourth-order valence-electron chi connectivity index (χ4n) is 3.15. The Hall–Kier alpha value is -3.22. The van der Waals surface area contributed by atoms with Gasteiger partial charge in [-0.2, -0.15) is 5.10 Å². The molecule has 2 fully saturated rings. The molecule has 7 heteroatoms. The molecule has 0 radical (unpaired) electrons. The molecular weight excluding hydrogens is 328 g/mol. The van der Waals surface area contributed by atoms with E-state index in [4.69, 9.17) is 0 Å². The number of carbonyl (C=O) groups is 1. The topological polar surface area (TPSA) is 73.7 Å². The van der Waals surface area contributed by atoms with Crippen LogP contribution in [0.3, 0.4) is 0 Å². The number of nitrogens with one attached hydrogen (secondary N) is 1. The molecule has 0 atom stereocenters. The fourth-order valence-corrected chi connectivity index (χ4v) is 3.15. The van der Waals surface area contributed by atoms with Gasteiger partial charge in [0.25, 0.3) is 5.91 Å². The van der Waals surface area contributed by atoms with Gasteiger partial charge in [0, 0.05) is 19.3 Å². The van der Waals surface area contributed by atoms with E-state index in [0.717, 1.165) is 30.3 Å². The number of nitrogens with zero attached hydrogens (tertiary/aromatic N) is 5.